The van der Waals surface area contributed by atoms with Crippen molar-refractivity contribution in [3.8, 4) is 11.5 Å². The molecule has 1 aromatic heterocycles. The van der Waals surface area contributed by atoms with Crippen LogP contribution in [0.15, 0.2) is 22.6 Å². The fourth-order valence-corrected chi connectivity index (χ4v) is 2.55. The minimum Gasteiger partial charge on any atom is -0.493 e. The minimum absolute atomic E-state index is 0.108. The number of fused-ring (bicyclic) bond motifs is 2. The zero-order valence-corrected chi connectivity index (χ0v) is 12.0. The Morgan fingerprint density at radius 2 is 1.81 bits per heavy atom. The molecular weight excluding hydrogens is 272 g/mol. The minimum atomic E-state index is -0.305. The van der Waals surface area contributed by atoms with Crippen molar-refractivity contribution in [3.05, 3.63) is 46.4 Å². The van der Waals surface area contributed by atoms with Gasteiger partial charge in [0.1, 0.15) is 5.76 Å². The summed E-state index contributed by atoms with van der Waals surface area (Å²) in [5, 5.41) is 0. The zero-order chi connectivity index (χ0) is 15.1. The Hall–Kier alpha value is -2.56. The molecule has 0 amide bonds. The van der Waals surface area contributed by atoms with E-state index in [1.54, 1.807) is 18.2 Å². The maximum Gasteiger partial charge on any atom is 0.229 e. The Morgan fingerprint density at radius 1 is 1.05 bits per heavy atom. The molecule has 0 N–H and O–H groups in total. The van der Waals surface area contributed by atoms with Crippen LogP contribution in [0.3, 0.4) is 0 Å². The van der Waals surface area contributed by atoms with Gasteiger partial charge in [-0.2, -0.15) is 0 Å². The molecule has 0 unspecified atom stereocenters. The average Bonchev–Trinajstić information content (AvgIpc) is 2.95. The zero-order valence-electron chi connectivity index (χ0n) is 12.0. The molecule has 1 aromatic carbocycles. The number of ether oxygens (including phenoxy) is 2. The molecule has 0 atom stereocenters. The fourth-order valence-electron chi connectivity index (χ4n) is 2.55. The highest BCUT2D eigenvalue weighted by molar-refractivity contribution is 6.28. The number of carbonyl (C=O) groups is 2. The fraction of sp³-hybridized carbons (Fsp3) is 0.250. The van der Waals surface area contributed by atoms with E-state index in [0.29, 0.717) is 17.9 Å². The van der Waals surface area contributed by atoms with Crippen LogP contribution in [0.5, 0.6) is 11.5 Å². The molecule has 0 bridgehead atoms. The van der Waals surface area contributed by atoms with Crippen molar-refractivity contribution in [1.82, 2.24) is 0 Å². The number of ketones is 2. The normalized spacial score (nSPS) is 12.9. The molecule has 0 fully saturated rings. The van der Waals surface area contributed by atoms with Crippen LogP contribution in [0, 0.1) is 0 Å². The molecule has 2 aromatic rings. The number of hydrogen-bond acceptors (Lipinski definition) is 5. The second-order valence-corrected chi connectivity index (χ2v) is 4.69. The van der Waals surface area contributed by atoms with E-state index in [4.69, 9.17) is 13.9 Å². The monoisotopic (exact) mass is 286 g/mol. The molecule has 108 valence electrons. The Labute approximate surface area is 121 Å². The third kappa shape index (κ3) is 1.77. The van der Waals surface area contributed by atoms with Gasteiger partial charge in [0.2, 0.25) is 11.6 Å². The van der Waals surface area contributed by atoms with Crippen LogP contribution in [0.4, 0.5) is 0 Å². The van der Waals surface area contributed by atoms with Crippen molar-refractivity contribution < 1.29 is 23.5 Å². The lowest BCUT2D eigenvalue weighted by Gasteiger charge is -2.18. The summed E-state index contributed by atoms with van der Waals surface area (Å²) in [5.41, 5.74) is 0.802. The van der Waals surface area contributed by atoms with Gasteiger partial charge >= 0.3 is 0 Å². The van der Waals surface area contributed by atoms with Crippen molar-refractivity contribution >= 4 is 11.6 Å². The second kappa shape index (κ2) is 4.77. The highest BCUT2D eigenvalue weighted by Crippen LogP contribution is 2.39. The summed E-state index contributed by atoms with van der Waals surface area (Å²) >= 11 is 0. The predicted octanol–water partition coefficient (Wildman–Crippen LogP) is 2.63. The molecule has 1 heterocycles. The van der Waals surface area contributed by atoms with Crippen LogP contribution in [0.2, 0.25) is 0 Å². The van der Waals surface area contributed by atoms with E-state index in [1.807, 2.05) is 6.92 Å². The summed E-state index contributed by atoms with van der Waals surface area (Å²) in [6.07, 6.45) is 0.615. The van der Waals surface area contributed by atoms with Gasteiger partial charge in [-0.15, -0.1) is 0 Å². The van der Waals surface area contributed by atoms with E-state index >= 15 is 0 Å². The Balaban J connectivity index is 2.28. The molecule has 3 rings (SSSR count). The molecule has 0 saturated heterocycles. The lowest BCUT2D eigenvalue weighted by Crippen LogP contribution is -2.20. The summed E-state index contributed by atoms with van der Waals surface area (Å²) in [5.74, 6) is 0.828. The van der Waals surface area contributed by atoms with Crippen LogP contribution >= 0.6 is 0 Å². The number of benzene rings is 1. The van der Waals surface area contributed by atoms with E-state index in [-0.39, 0.29) is 39.8 Å². The van der Waals surface area contributed by atoms with Gasteiger partial charge in [-0.05, 0) is 18.2 Å². The molecule has 5 nitrogen and oxygen atoms in total. The predicted molar refractivity (Wildman–Crippen MR) is 74.5 cm³/mol. The van der Waals surface area contributed by atoms with E-state index in [0.717, 1.165) is 0 Å². The number of hydrogen-bond donors (Lipinski definition) is 0. The van der Waals surface area contributed by atoms with Crippen LogP contribution in [-0.2, 0) is 6.42 Å². The third-order valence-corrected chi connectivity index (χ3v) is 3.60. The first-order valence-corrected chi connectivity index (χ1v) is 6.59. The summed E-state index contributed by atoms with van der Waals surface area (Å²) in [6.45, 7) is 1.90. The highest BCUT2D eigenvalue weighted by atomic mass is 16.5. The van der Waals surface area contributed by atoms with E-state index in [9.17, 15) is 9.59 Å². The first-order chi connectivity index (χ1) is 10.1. The summed E-state index contributed by atoms with van der Waals surface area (Å²) in [6, 6.07) is 4.79. The largest absolute Gasteiger partial charge is 0.493 e. The maximum absolute atomic E-state index is 12.7. The summed E-state index contributed by atoms with van der Waals surface area (Å²) in [7, 11) is 2.93. The Bertz CT molecular complexity index is 754. The number of furan rings is 1. The lowest BCUT2D eigenvalue weighted by molar-refractivity contribution is 0.0956. The topological polar surface area (TPSA) is 65.7 Å². The third-order valence-electron chi connectivity index (χ3n) is 3.60. The number of aryl methyl sites for hydroxylation is 1. The number of methoxy groups -OCH3 is 2. The molecule has 0 saturated carbocycles. The average molecular weight is 286 g/mol. The lowest BCUT2D eigenvalue weighted by atomic mass is 9.87. The van der Waals surface area contributed by atoms with Gasteiger partial charge < -0.3 is 13.9 Å². The Morgan fingerprint density at radius 3 is 2.43 bits per heavy atom. The molecule has 1 aliphatic carbocycles. The quantitative estimate of drug-likeness (QED) is 0.740. The van der Waals surface area contributed by atoms with Gasteiger partial charge in [-0.1, -0.05) is 6.92 Å². The molecule has 5 heteroatoms. The summed E-state index contributed by atoms with van der Waals surface area (Å²) in [4.78, 5) is 25.2. The molecule has 0 spiro atoms. The van der Waals surface area contributed by atoms with Crippen molar-refractivity contribution in [2.75, 3.05) is 14.2 Å². The van der Waals surface area contributed by atoms with E-state index < -0.39 is 0 Å². The highest BCUT2D eigenvalue weighted by Gasteiger charge is 2.36. The van der Waals surface area contributed by atoms with Crippen LogP contribution in [0.1, 0.15) is 44.7 Å². The van der Waals surface area contributed by atoms with Gasteiger partial charge in [0.05, 0.1) is 25.3 Å². The van der Waals surface area contributed by atoms with Gasteiger partial charge in [0.15, 0.2) is 17.3 Å². The van der Waals surface area contributed by atoms with Crippen molar-refractivity contribution in [3.63, 3.8) is 0 Å². The SMILES string of the molecule is CCc1cc2c(o1)C(=O)c1ccc(OC)c(OC)c1C2=O. The first kappa shape index (κ1) is 13.4. The molecule has 0 radical (unpaired) electrons. The van der Waals surface area contributed by atoms with E-state index in [2.05, 4.69) is 0 Å². The summed E-state index contributed by atoms with van der Waals surface area (Å²) < 4.78 is 15.9. The first-order valence-electron chi connectivity index (χ1n) is 6.59. The van der Waals surface area contributed by atoms with Crippen LogP contribution in [-0.4, -0.2) is 25.8 Å². The van der Waals surface area contributed by atoms with Crippen LogP contribution in [0.25, 0.3) is 0 Å². The molecule has 21 heavy (non-hydrogen) atoms. The van der Waals surface area contributed by atoms with Gasteiger partial charge in [0, 0.05) is 12.0 Å². The number of rotatable bonds is 3. The van der Waals surface area contributed by atoms with Crippen molar-refractivity contribution in [2.45, 2.75) is 13.3 Å². The van der Waals surface area contributed by atoms with Gasteiger partial charge in [-0.25, -0.2) is 0 Å². The smallest absolute Gasteiger partial charge is 0.229 e. The van der Waals surface area contributed by atoms with E-state index in [1.165, 1.54) is 14.2 Å². The molecule has 1 aliphatic rings. The second-order valence-electron chi connectivity index (χ2n) is 4.69. The van der Waals surface area contributed by atoms with Gasteiger partial charge in [0.25, 0.3) is 0 Å². The van der Waals surface area contributed by atoms with Crippen molar-refractivity contribution in [1.29, 1.82) is 0 Å². The Kier molecular flexibility index (Phi) is 3.05. The van der Waals surface area contributed by atoms with Crippen LogP contribution < -0.4 is 9.47 Å². The standard InChI is InChI=1S/C16H14O5/c1-4-8-7-10-13(17)12-9(14(18)15(10)21-8)5-6-11(19-2)16(12)20-3/h5-7H,4H2,1-3H3. The molecule has 0 aliphatic heterocycles. The maximum atomic E-state index is 12.7. The van der Waals surface area contributed by atoms with Crippen molar-refractivity contribution in [2.24, 2.45) is 0 Å². The molecular formula is C16H14O5. The van der Waals surface area contributed by atoms with Gasteiger partial charge in [-0.3, -0.25) is 9.59 Å². The number of carbonyl (C=O) groups excluding carboxylic acids is 2.